The van der Waals surface area contributed by atoms with Gasteiger partial charge in [-0.1, -0.05) is 12.1 Å². The fourth-order valence-corrected chi connectivity index (χ4v) is 3.49. The Hall–Kier alpha value is -3.46. The molecule has 2 aromatic carbocycles. The van der Waals surface area contributed by atoms with Gasteiger partial charge < -0.3 is 10.3 Å². The minimum absolute atomic E-state index is 0.0311. The van der Waals surface area contributed by atoms with Crippen LogP contribution < -0.4 is 15.6 Å². The highest BCUT2D eigenvalue weighted by Crippen LogP contribution is 2.17. The molecule has 0 saturated heterocycles. The summed E-state index contributed by atoms with van der Waals surface area (Å²) in [5.41, 5.74) is 0.306. The van der Waals surface area contributed by atoms with Gasteiger partial charge in [0.25, 0.3) is 15.9 Å². The lowest BCUT2D eigenvalue weighted by Crippen LogP contribution is -2.31. The van der Waals surface area contributed by atoms with Crippen molar-refractivity contribution in [3.05, 3.63) is 70.5 Å². The summed E-state index contributed by atoms with van der Waals surface area (Å²) in [4.78, 5) is 37.5. The Balaban J connectivity index is 1.90. The molecule has 0 saturated carbocycles. The van der Waals surface area contributed by atoms with E-state index in [1.165, 1.54) is 43.3 Å². The predicted octanol–water partition coefficient (Wildman–Crippen LogP) is 1.61. The number of H-pyrrole nitrogens is 1. The number of nitrogens with one attached hydrogen (secondary N) is 3. The monoisotopic (exact) mass is 385 g/mol. The van der Waals surface area contributed by atoms with Gasteiger partial charge in [0, 0.05) is 18.7 Å². The molecule has 0 bridgehead atoms. The van der Waals surface area contributed by atoms with Gasteiger partial charge in [-0.25, -0.2) is 13.1 Å². The average Bonchev–Trinajstić information content (AvgIpc) is 2.60. The van der Waals surface area contributed by atoms with E-state index in [1.807, 2.05) is 4.72 Å². The first kappa shape index (κ1) is 18.3. The number of aromatic amines is 1. The van der Waals surface area contributed by atoms with Crippen molar-refractivity contribution < 1.29 is 18.0 Å². The number of aromatic nitrogens is 1. The molecule has 0 fully saturated rings. The van der Waals surface area contributed by atoms with Crippen LogP contribution in [0, 0.1) is 0 Å². The number of carbonyl (C=O) groups excluding carboxylic acids is 2. The van der Waals surface area contributed by atoms with Gasteiger partial charge in [-0.2, -0.15) is 0 Å². The second-order valence-corrected chi connectivity index (χ2v) is 7.41. The Kier molecular flexibility index (Phi) is 4.78. The highest BCUT2D eigenvalue weighted by Gasteiger charge is 2.20. The summed E-state index contributed by atoms with van der Waals surface area (Å²) < 4.78 is 26.9. The van der Waals surface area contributed by atoms with Crippen molar-refractivity contribution in [3.8, 4) is 0 Å². The first-order valence-corrected chi connectivity index (χ1v) is 9.31. The second-order valence-electron chi connectivity index (χ2n) is 5.73. The minimum atomic E-state index is -4.14. The smallest absolute Gasteiger partial charge is 0.267 e. The molecule has 0 unspecified atom stereocenters. The van der Waals surface area contributed by atoms with Crippen LogP contribution >= 0.6 is 0 Å². The van der Waals surface area contributed by atoms with E-state index < -0.39 is 21.5 Å². The van der Waals surface area contributed by atoms with Crippen LogP contribution in [-0.2, 0) is 14.8 Å². The van der Waals surface area contributed by atoms with Gasteiger partial charge in [-0.3, -0.25) is 14.4 Å². The molecule has 0 aliphatic carbocycles. The summed E-state index contributed by atoms with van der Waals surface area (Å²) in [7, 11) is -4.14. The Morgan fingerprint density at radius 3 is 2.33 bits per heavy atom. The fourth-order valence-electron chi connectivity index (χ4n) is 2.52. The van der Waals surface area contributed by atoms with Crippen LogP contribution in [0.5, 0.6) is 0 Å². The molecule has 9 heteroatoms. The highest BCUT2D eigenvalue weighted by atomic mass is 32.2. The number of para-hydroxylation sites is 1. The fraction of sp³-hybridized carbons (Fsp3) is 0.0556. The maximum absolute atomic E-state index is 12.5. The van der Waals surface area contributed by atoms with E-state index in [0.717, 1.165) is 0 Å². The number of benzene rings is 2. The maximum Gasteiger partial charge on any atom is 0.267 e. The lowest BCUT2D eigenvalue weighted by atomic mass is 10.1. The van der Waals surface area contributed by atoms with E-state index in [4.69, 9.17) is 0 Å². The van der Waals surface area contributed by atoms with Gasteiger partial charge in [0.2, 0.25) is 11.5 Å². The lowest BCUT2D eigenvalue weighted by Gasteiger charge is -2.09. The van der Waals surface area contributed by atoms with E-state index in [1.54, 1.807) is 18.2 Å². The molecule has 3 N–H and O–H groups in total. The van der Waals surface area contributed by atoms with E-state index >= 15 is 0 Å². The zero-order valence-corrected chi connectivity index (χ0v) is 15.0. The van der Waals surface area contributed by atoms with Gasteiger partial charge >= 0.3 is 0 Å². The first-order chi connectivity index (χ1) is 12.8. The molecule has 1 heterocycles. The Morgan fingerprint density at radius 1 is 0.963 bits per heavy atom. The SMILES string of the molecule is CC(=O)Nc1ccc(S(=O)(=O)NC(=O)c2cccc3ccc(=O)[nH]c23)cc1. The van der Waals surface area contributed by atoms with Crippen molar-refractivity contribution in [1.82, 2.24) is 9.71 Å². The van der Waals surface area contributed by atoms with Crippen LogP contribution in [-0.4, -0.2) is 25.2 Å². The molecular weight excluding hydrogens is 370 g/mol. The van der Waals surface area contributed by atoms with Crippen molar-refractivity contribution in [1.29, 1.82) is 0 Å². The number of hydrogen-bond donors (Lipinski definition) is 3. The third-order valence-corrected chi connectivity index (χ3v) is 5.06. The molecule has 0 spiro atoms. The number of carbonyl (C=O) groups is 2. The summed E-state index contributed by atoms with van der Waals surface area (Å²) >= 11 is 0. The summed E-state index contributed by atoms with van der Waals surface area (Å²) in [6.07, 6.45) is 0. The molecule has 3 aromatic rings. The maximum atomic E-state index is 12.5. The van der Waals surface area contributed by atoms with Gasteiger partial charge in [-0.05, 0) is 41.8 Å². The molecule has 138 valence electrons. The van der Waals surface area contributed by atoms with Crippen LogP contribution in [0.2, 0.25) is 0 Å². The molecule has 8 nitrogen and oxygen atoms in total. The molecule has 0 radical (unpaired) electrons. The number of pyridine rings is 1. The molecule has 0 atom stereocenters. The lowest BCUT2D eigenvalue weighted by molar-refractivity contribution is -0.114. The zero-order chi connectivity index (χ0) is 19.6. The summed E-state index contributed by atoms with van der Waals surface area (Å²) in [6, 6.07) is 12.9. The van der Waals surface area contributed by atoms with Gasteiger partial charge in [0.1, 0.15) is 0 Å². The molecule has 27 heavy (non-hydrogen) atoms. The van der Waals surface area contributed by atoms with Crippen molar-refractivity contribution in [3.63, 3.8) is 0 Å². The molecule has 0 aliphatic heterocycles. The van der Waals surface area contributed by atoms with Gasteiger partial charge in [0.05, 0.1) is 16.0 Å². The summed E-state index contributed by atoms with van der Waals surface area (Å²) in [5, 5.41) is 3.12. The largest absolute Gasteiger partial charge is 0.326 e. The minimum Gasteiger partial charge on any atom is -0.326 e. The third kappa shape index (κ3) is 4.04. The number of fused-ring (bicyclic) bond motifs is 1. The van der Waals surface area contributed by atoms with Crippen molar-refractivity contribution in [2.75, 3.05) is 5.32 Å². The van der Waals surface area contributed by atoms with Crippen LogP contribution in [0.3, 0.4) is 0 Å². The van der Waals surface area contributed by atoms with Crippen molar-refractivity contribution in [2.24, 2.45) is 0 Å². The van der Waals surface area contributed by atoms with Crippen LogP contribution in [0.1, 0.15) is 17.3 Å². The number of hydrogen-bond acceptors (Lipinski definition) is 5. The topological polar surface area (TPSA) is 125 Å². The summed E-state index contributed by atoms with van der Waals surface area (Å²) in [6.45, 7) is 1.33. The van der Waals surface area contributed by atoms with Crippen LogP contribution in [0.4, 0.5) is 5.69 Å². The van der Waals surface area contributed by atoms with E-state index in [2.05, 4.69) is 10.3 Å². The number of anilines is 1. The standard InChI is InChI=1S/C18H15N3O5S/c1-11(22)19-13-6-8-14(9-7-13)27(25,26)21-18(24)15-4-2-3-12-5-10-16(23)20-17(12)15/h2-10H,1H3,(H,19,22)(H,20,23)(H,21,24). The van der Waals surface area contributed by atoms with E-state index in [0.29, 0.717) is 11.1 Å². The Bertz CT molecular complexity index is 1200. The second kappa shape index (κ2) is 7.04. The predicted molar refractivity (Wildman–Crippen MR) is 100.0 cm³/mol. The van der Waals surface area contributed by atoms with Crippen molar-refractivity contribution >= 4 is 38.4 Å². The zero-order valence-electron chi connectivity index (χ0n) is 14.1. The van der Waals surface area contributed by atoms with Crippen LogP contribution in [0.15, 0.2) is 64.3 Å². The van der Waals surface area contributed by atoms with E-state index in [9.17, 15) is 22.8 Å². The average molecular weight is 385 g/mol. The quantitative estimate of drug-likeness (QED) is 0.629. The normalized spacial score (nSPS) is 11.1. The van der Waals surface area contributed by atoms with Gasteiger partial charge in [-0.15, -0.1) is 0 Å². The van der Waals surface area contributed by atoms with Gasteiger partial charge in [0.15, 0.2) is 0 Å². The Labute approximate surface area is 154 Å². The highest BCUT2D eigenvalue weighted by molar-refractivity contribution is 7.90. The number of rotatable bonds is 4. The van der Waals surface area contributed by atoms with Crippen LogP contribution in [0.25, 0.3) is 10.9 Å². The molecule has 0 aliphatic rings. The Morgan fingerprint density at radius 2 is 1.67 bits per heavy atom. The number of sulfonamides is 1. The van der Waals surface area contributed by atoms with Crippen molar-refractivity contribution in [2.45, 2.75) is 11.8 Å². The first-order valence-electron chi connectivity index (χ1n) is 7.83. The third-order valence-electron chi connectivity index (χ3n) is 3.72. The molecule has 3 rings (SSSR count). The molecule has 1 aromatic heterocycles. The molecular formula is C18H15N3O5S. The van der Waals surface area contributed by atoms with E-state index in [-0.39, 0.29) is 21.9 Å². The molecule has 2 amide bonds. The number of amides is 2. The summed E-state index contributed by atoms with van der Waals surface area (Å²) in [5.74, 6) is -1.16.